The highest BCUT2D eigenvalue weighted by Gasteiger charge is 2.51. The second kappa shape index (κ2) is 5.87. The first-order valence-corrected chi connectivity index (χ1v) is 6.83. The molecular weight excluding hydrogens is 316 g/mol. The molecule has 0 saturated carbocycles. The highest BCUT2D eigenvalue weighted by atomic mass is 79.9. The molecule has 1 heterocycles. The number of alkyl halides is 1. The van der Waals surface area contributed by atoms with E-state index in [4.69, 9.17) is 9.84 Å². The van der Waals surface area contributed by atoms with Crippen LogP contribution in [0.5, 0.6) is 0 Å². The Labute approximate surface area is 119 Å². The number of benzene rings is 1. The fourth-order valence-corrected chi connectivity index (χ4v) is 3.05. The van der Waals surface area contributed by atoms with Crippen LogP contribution >= 0.6 is 15.9 Å². The maximum Gasteiger partial charge on any atom is 0.155 e. The van der Waals surface area contributed by atoms with Crippen LogP contribution in [0.25, 0.3) is 0 Å². The third-order valence-corrected chi connectivity index (χ3v) is 4.25. The molecule has 106 valence electrons. The molecule has 5 nitrogen and oxygen atoms in total. The number of hydrogen-bond donors (Lipinski definition) is 4. The molecule has 0 aromatic heterocycles. The highest BCUT2D eigenvalue weighted by molar-refractivity contribution is 9.10. The van der Waals surface area contributed by atoms with E-state index in [2.05, 4.69) is 15.9 Å². The van der Waals surface area contributed by atoms with Crippen molar-refractivity contribution in [3.63, 3.8) is 0 Å². The molecule has 1 aliphatic rings. The largest absolute Gasteiger partial charge is 0.394 e. The number of aliphatic hydroxyl groups is 4. The minimum absolute atomic E-state index is 0.301. The van der Waals surface area contributed by atoms with E-state index in [0.717, 1.165) is 5.56 Å². The minimum atomic E-state index is -1.38. The van der Waals surface area contributed by atoms with E-state index in [-0.39, 0.29) is 0 Å². The molecule has 0 unspecified atom stereocenters. The summed E-state index contributed by atoms with van der Waals surface area (Å²) in [4.78, 5) is 0. The molecule has 1 aromatic carbocycles. The lowest BCUT2D eigenvalue weighted by atomic mass is 9.91. The molecule has 4 N–H and O–H groups in total. The molecule has 5 atom stereocenters. The first-order valence-electron chi connectivity index (χ1n) is 6.03. The van der Waals surface area contributed by atoms with Gasteiger partial charge in [0.25, 0.3) is 0 Å². The van der Waals surface area contributed by atoms with Crippen molar-refractivity contribution in [2.24, 2.45) is 0 Å². The zero-order valence-corrected chi connectivity index (χ0v) is 11.8. The van der Waals surface area contributed by atoms with E-state index < -0.39 is 35.5 Å². The van der Waals surface area contributed by atoms with Crippen LogP contribution < -0.4 is 0 Å². The first kappa shape index (κ1) is 14.9. The van der Waals surface area contributed by atoms with E-state index >= 15 is 0 Å². The molecule has 6 heteroatoms. The zero-order chi connectivity index (χ0) is 14.0. The molecule has 0 radical (unpaired) electrons. The van der Waals surface area contributed by atoms with Crippen molar-refractivity contribution in [1.29, 1.82) is 0 Å². The third kappa shape index (κ3) is 2.99. The molecule has 1 aromatic rings. The maximum atomic E-state index is 10.1. The predicted molar refractivity (Wildman–Crippen MR) is 71.8 cm³/mol. The Morgan fingerprint density at radius 3 is 2.32 bits per heavy atom. The molecule has 1 saturated heterocycles. The summed E-state index contributed by atoms with van der Waals surface area (Å²) in [6.45, 7) is -0.437. The molecule has 0 amide bonds. The fraction of sp³-hybridized carbons (Fsp3) is 0.538. The number of aliphatic hydroxyl groups excluding tert-OH is 4. The van der Waals surface area contributed by atoms with E-state index in [1.807, 2.05) is 30.3 Å². The van der Waals surface area contributed by atoms with Gasteiger partial charge >= 0.3 is 0 Å². The smallest absolute Gasteiger partial charge is 0.155 e. The van der Waals surface area contributed by atoms with Gasteiger partial charge in [-0.05, 0) is 5.56 Å². The minimum Gasteiger partial charge on any atom is -0.394 e. The molecule has 2 rings (SSSR count). The predicted octanol–water partition coefficient (Wildman–Crippen LogP) is -0.206. The van der Waals surface area contributed by atoms with Crippen molar-refractivity contribution < 1.29 is 25.2 Å². The summed E-state index contributed by atoms with van der Waals surface area (Å²) in [6.07, 6.45) is -4.64. The summed E-state index contributed by atoms with van der Waals surface area (Å²) in [6, 6.07) is 9.32. The van der Waals surface area contributed by atoms with Gasteiger partial charge in [-0.2, -0.15) is 0 Å². The Morgan fingerprint density at radius 1 is 1.11 bits per heavy atom. The van der Waals surface area contributed by atoms with Crippen LogP contribution in [-0.2, 0) is 11.2 Å². The maximum absolute atomic E-state index is 10.1. The van der Waals surface area contributed by atoms with Crippen LogP contribution in [0.1, 0.15) is 5.56 Å². The standard InChI is InChI=1S/C13H17BrO5/c14-13(6-8-4-2-1-3-5-8)12(18)11(17)10(16)9(7-15)19-13/h1-5,9-12,15-18H,6-7H2/t9-,10-,11+,12-,13+/m1/s1. The average molecular weight is 333 g/mol. The second-order valence-electron chi connectivity index (χ2n) is 4.71. The summed E-state index contributed by atoms with van der Waals surface area (Å²) in [5.41, 5.74) is 0.902. The fourth-order valence-electron chi connectivity index (χ4n) is 2.22. The lowest BCUT2D eigenvalue weighted by molar-refractivity contribution is -0.239. The van der Waals surface area contributed by atoms with E-state index in [1.165, 1.54) is 0 Å². The first-order chi connectivity index (χ1) is 8.98. The average Bonchev–Trinajstić information content (AvgIpc) is 2.42. The van der Waals surface area contributed by atoms with Crippen LogP contribution in [-0.4, -0.2) is 56.0 Å². The molecular formula is C13H17BrO5. The van der Waals surface area contributed by atoms with E-state index in [1.54, 1.807) is 0 Å². The normalized spacial score (nSPS) is 39.2. The molecule has 19 heavy (non-hydrogen) atoms. The van der Waals surface area contributed by atoms with Crippen molar-refractivity contribution in [2.45, 2.75) is 35.3 Å². The van der Waals surface area contributed by atoms with Crippen LogP contribution in [0, 0.1) is 0 Å². The number of hydrogen-bond acceptors (Lipinski definition) is 5. The third-order valence-electron chi connectivity index (χ3n) is 3.31. The summed E-state index contributed by atoms with van der Waals surface area (Å²) < 4.78 is 4.29. The van der Waals surface area contributed by atoms with Gasteiger partial charge in [0, 0.05) is 6.42 Å². The van der Waals surface area contributed by atoms with E-state index in [9.17, 15) is 15.3 Å². The van der Waals surface area contributed by atoms with Crippen LogP contribution in [0.15, 0.2) is 30.3 Å². The van der Waals surface area contributed by atoms with Gasteiger partial charge in [-0.15, -0.1) is 0 Å². The molecule has 1 fully saturated rings. The van der Waals surface area contributed by atoms with Gasteiger partial charge in [0.05, 0.1) is 6.61 Å². The molecule has 0 aliphatic carbocycles. The summed E-state index contributed by atoms with van der Waals surface area (Å²) in [7, 11) is 0. The number of halogens is 1. The van der Waals surface area contributed by atoms with Gasteiger partial charge in [0.15, 0.2) is 4.51 Å². The number of rotatable bonds is 3. The monoisotopic (exact) mass is 332 g/mol. The van der Waals surface area contributed by atoms with Crippen LogP contribution in [0.2, 0.25) is 0 Å². The van der Waals surface area contributed by atoms with Gasteiger partial charge in [0.1, 0.15) is 24.4 Å². The second-order valence-corrected chi connectivity index (χ2v) is 6.06. The summed E-state index contributed by atoms with van der Waals surface area (Å²) in [5.74, 6) is 0. The Kier molecular flexibility index (Phi) is 4.60. The van der Waals surface area contributed by atoms with Gasteiger partial charge in [0.2, 0.25) is 0 Å². The summed E-state index contributed by atoms with van der Waals surface area (Å²) in [5, 5.41) is 38.8. The van der Waals surface area contributed by atoms with Gasteiger partial charge < -0.3 is 25.2 Å². The van der Waals surface area contributed by atoms with Gasteiger partial charge in [-0.1, -0.05) is 46.3 Å². The van der Waals surface area contributed by atoms with Gasteiger partial charge in [-0.25, -0.2) is 0 Å². The van der Waals surface area contributed by atoms with Crippen molar-refractivity contribution in [2.75, 3.05) is 6.61 Å². The lowest BCUT2D eigenvalue weighted by Gasteiger charge is -2.45. The SMILES string of the molecule is OC[C@H]1O[C@@](Br)(Cc2ccccc2)[C@H](O)[C@@H](O)[C@@H]1O. The van der Waals surface area contributed by atoms with Crippen molar-refractivity contribution >= 4 is 15.9 Å². The Hall–Kier alpha value is -0.500. The quantitative estimate of drug-likeness (QED) is 0.575. The van der Waals surface area contributed by atoms with Crippen molar-refractivity contribution in [3.8, 4) is 0 Å². The topological polar surface area (TPSA) is 90.2 Å². The van der Waals surface area contributed by atoms with E-state index in [0.29, 0.717) is 6.42 Å². The lowest BCUT2D eigenvalue weighted by Crippen LogP contribution is -2.63. The molecule has 0 spiro atoms. The van der Waals surface area contributed by atoms with Crippen molar-refractivity contribution in [3.05, 3.63) is 35.9 Å². The van der Waals surface area contributed by atoms with Gasteiger partial charge in [-0.3, -0.25) is 0 Å². The van der Waals surface area contributed by atoms with Crippen molar-refractivity contribution in [1.82, 2.24) is 0 Å². The highest BCUT2D eigenvalue weighted by Crippen LogP contribution is 2.37. The number of ether oxygens (including phenoxy) is 1. The Bertz CT molecular complexity index is 413. The Morgan fingerprint density at radius 2 is 1.74 bits per heavy atom. The van der Waals surface area contributed by atoms with Crippen LogP contribution in [0.3, 0.4) is 0 Å². The zero-order valence-electron chi connectivity index (χ0n) is 10.2. The summed E-state index contributed by atoms with van der Waals surface area (Å²) >= 11 is 3.29. The Balaban J connectivity index is 2.21. The van der Waals surface area contributed by atoms with Crippen LogP contribution in [0.4, 0.5) is 0 Å². The molecule has 0 bridgehead atoms. The molecule has 1 aliphatic heterocycles.